The van der Waals surface area contributed by atoms with E-state index in [9.17, 15) is 4.79 Å². The predicted molar refractivity (Wildman–Crippen MR) is 172 cm³/mol. The van der Waals surface area contributed by atoms with Gasteiger partial charge in [-0.05, 0) is 36.8 Å². The van der Waals surface area contributed by atoms with E-state index in [1.54, 1.807) is 0 Å². The number of hydrogen-bond acceptors (Lipinski definition) is 11. The number of anilines is 3. The largest absolute Gasteiger partial charge is 0.379 e. The third-order valence-corrected chi connectivity index (χ3v) is 6.42. The second kappa shape index (κ2) is 19.5. The molecule has 0 saturated heterocycles. The molecule has 4 rings (SSSR count). The lowest BCUT2D eigenvalue weighted by Gasteiger charge is -2.10. The molecule has 0 bridgehead atoms. The fourth-order valence-corrected chi connectivity index (χ4v) is 4.27. The number of amides is 1. The second-order valence-corrected chi connectivity index (χ2v) is 9.98. The van der Waals surface area contributed by atoms with Crippen molar-refractivity contribution in [1.29, 1.82) is 0 Å². The van der Waals surface area contributed by atoms with Crippen molar-refractivity contribution >= 4 is 34.3 Å². The summed E-state index contributed by atoms with van der Waals surface area (Å²) in [6, 6.07) is 9.33. The van der Waals surface area contributed by atoms with Crippen molar-refractivity contribution in [3.8, 4) is 11.3 Å². The zero-order chi connectivity index (χ0) is 31.5. The lowest BCUT2D eigenvalue weighted by atomic mass is 10.2. The monoisotopic (exact) mass is 624 g/mol. The molecule has 0 aliphatic heterocycles. The van der Waals surface area contributed by atoms with Crippen molar-refractivity contribution in [3.63, 3.8) is 0 Å². The summed E-state index contributed by atoms with van der Waals surface area (Å²) in [6.45, 7) is 8.16. The number of carbonyl (C=O) groups is 1. The van der Waals surface area contributed by atoms with Crippen molar-refractivity contribution in [2.75, 3.05) is 83.2 Å². The molecule has 5 N–H and O–H groups in total. The Morgan fingerprint density at radius 2 is 1.47 bits per heavy atom. The Bertz CT molecular complexity index is 1410. The number of rotatable bonds is 23. The van der Waals surface area contributed by atoms with Gasteiger partial charge in [-0.25, -0.2) is 4.98 Å². The second-order valence-electron chi connectivity index (χ2n) is 9.98. The molecule has 4 aromatic rings. The average molecular weight is 625 g/mol. The molecule has 14 nitrogen and oxygen atoms in total. The predicted octanol–water partition coefficient (Wildman–Crippen LogP) is 3.35. The summed E-state index contributed by atoms with van der Waals surface area (Å²) >= 11 is 0. The van der Waals surface area contributed by atoms with Gasteiger partial charge in [0.05, 0.1) is 84.4 Å². The van der Waals surface area contributed by atoms with E-state index >= 15 is 0 Å². The number of hydrogen-bond donors (Lipinski definition) is 4. The van der Waals surface area contributed by atoms with Gasteiger partial charge in [0.15, 0.2) is 0 Å². The number of aromatic amines is 1. The van der Waals surface area contributed by atoms with Crippen LogP contribution in [-0.4, -0.2) is 103 Å². The van der Waals surface area contributed by atoms with Gasteiger partial charge in [-0.15, -0.1) is 0 Å². The molecular weight excluding hydrogens is 580 g/mol. The van der Waals surface area contributed by atoms with E-state index in [0.717, 1.165) is 40.9 Å². The van der Waals surface area contributed by atoms with Crippen molar-refractivity contribution in [3.05, 3.63) is 48.9 Å². The highest BCUT2D eigenvalue weighted by Crippen LogP contribution is 2.28. The molecular formula is C31H44N8O6. The van der Waals surface area contributed by atoms with Gasteiger partial charge in [0, 0.05) is 47.8 Å². The number of fused-ring (bicyclic) bond motifs is 1. The summed E-state index contributed by atoms with van der Waals surface area (Å²) in [6.07, 6.45) is 6.91. The highest BCUT2D eigenvalue weighted by Gasteiger charge is 2.13. The van der Waals surface area contributed by atoms with E-state index in [1.165, 1.54) is 0 Å². The maximum atomic E-state index is 12.3. The summed E-state index contributed by atoms with van der Waals surface area (Å²) in [5, 5.41) is 11.5. The third-order valence-electron chi connectivity index (χ3n) is 6.42. The highest BCUT2D eigenvalue weighted by molar-refractivity contribution is 5.92. The van der Waals surface area contributed by atoms with Crippen molar-refractivity contribution in [1.82, 2.24) is 24.7 Å². The molecule has 1 aromatic carbocycles. The lowest BCUT2D eigenvalue weighted by molar-refractivity contribution is -0.117. The molecule has 45 heavy (non-hydrogen) atoms. The molecule has 0 radical (unpaired) electrons. The van der Waals surface area contributed by atoms with E-state index in [1.807, 2.05) is 53.6 Å². The molecule has 244 valence electrons. The van der Waals surface area contributed by atoms with Crippen LogP contribution >= 0.6 is 0 Å². The van der Waals surface area contributed by atoms with Crippen LogP contribution in [0, 0.1) is 0 Å². The van der Waals surface area contributed by atoms with Gasteiger partial charge in [0.2, 0.25) is 11.9 Å². The van der Waals surface area contributed by atoms with Gasteiger partial charge in [0.25, 0.3) is 0 Å². The smallest absolute Gasteiger partial charge is 0.229 e. The molecule has 0 aliphatic carbocycles. The van der Waals surface area contributed by atoms with Crippen LogP contribution in [0.15, 0.2) is 48.9 Å². The summed E-state index contributed by atoms with van der Waals surface area (Å²) in [7, 11) is 0. The molecule has 0 spiro atoms. The van der Waals surface area contributed by atoms with Gasteiger partial charge >= 0.3 is 0 Å². The summed E-state index contributed by atoms with van der Waals surface area (Å²) in [5.74, 6) is 0.325. The molecule has 0 aliphatic rings. The number of ether oxygens (including phenoxy) is 5. The first kappa shape index (κ1) is 34.0. The van der Waals surface area contributed by atoms with Gasteiger partial charge < -0.3 is 45.0 Å². The van der Waals surface area contributed by atoms with Crippen LogP contribution in [0.4, 0.5) is 17.3 Å². The topological polar surface area (TPSA) is 173 Å². The third kappa shape index (κ3) is 11.8. The lowest BCUT2D eigenvalue weighted by Crippen LogP contribution is -2.16. The maximum absolute atomic E-state index is 12.3. The quantitative estimate of drug-likeness (QED) is 0.0892. The van der Waals surface area contributed by atoms with Crippen LogP contribution < -0.4 is 16.4 Å². The van der Waals surface area contributed by atoms with E-state index in [4.69, 9.17) is 34.4 Å². The van der Waals surface area contributed by atoms with E-state index in [2.05, 4.69) is 32.6 Å². The number of aryl methyl sites for hydroxylation is 1. The molecule has 3 aromatic heterocycles. The van der Waals surface area contributed by atoms with Gasteiger partial charge in [-0.2, -0.15) is 10.1 Å². The average Bonchev–Trinajstić information content (AvgIpc) is 3.72. The van der Waals surface area contributed by atoms with Gasteiger partial charge in [0.1, 0.15) is 5.65 Å². The number of nitrogens with zero attached hydrogens (tertiary/aromatic N) is 4. The van der Waals surface area contributed by atoms with Crippen molar-refractivity contribution in [2.45, 2.75) is 26.3 Å². The SMILES string of the molecule is CCCn1cc(-c2nc(Nc3ccc(NC(=O)CCOCCOCCOCCOCCOCCN)cc3)nc3[nH]ccc23)cn1. The zero-order valence-electron chi connectivity index (χ0n) is 25.8. The van der Waals surface area contributed by atoms with Crippen LogP contribution in [0.3, 0.4) is 0 Å². The molecule has 0 unspecified atom stereocenters. The number of nitrogens with two attached hydrogens (primary N) is 1. The van der Waals surface area contributed by atoms with Crippen molar-refractivity contribution < 1.29 is 28.5 Å². The van der Waals surface area contributed by atoms with Crippen molar-refractivity contribution in [2.24, 2.45) is 5.73 Å². The van der Waals surface area contributed by atoms with Gasteiger partial charge in [-0.3, -0.25) is 9.48 Å². The summed E-state index contributed by atoms with van der Waals surface area (Å²) in [5.41, 5.74) is 9.28. The molecule has 14 heteroatoms. The normalized spacial score (nSPS) is 11.3. The number of aromatic nitrogens is 5. The van der Waals surface area contributed by atoms with Crippen LogP contribution in [0.2, 0.25) is 0 Å². The molecule has 0 saturated carbocycles. The zero-order valence-corrected chi connectivity index (χ0v) is 25.8. The Balaban J connectivity index is 1.09. The van der Waals surface area contributed by atoms with E-state index in [-0.39, 0.29) is 12.3 Å². The molecule has 0 fully saturated rings. The van der Waals surface area contributed by atoms with Crippen LogP contribution in [0.5, 0.6) is 0 Å². The van der Waals surface area contributed by atoms with E-state index in [0.29, 0.717) is 84.2 Å². The standard InChI is InChI=1S/C31H44N8O6/c1-2-11-39-23-24(22-34-39)29-27-7-10-33-30(27)38-31(37-29)36-26-5-3-25(4-6-26)35-28(40)8-12-41-14-16-43-18-20-45-21-19-44-17-15-42-13-9-32/h3-7,10,22-23H,2,8-9,11-21,32H2,1H3,(H,35,40)(H2,33,36,37,38). The minimum Gasteiger partial charge on any atom is -0.379 e. The van der Waals surface area contributed by atoms with Crippen LogP contribution in [0.25, 0.3) is 22.3 Å². The number of nitrogens with one attached hydrogen (secondary N) is 3. The Hall–Kier alpha value is -3.92. The molecule has 0 atom stereocenters. The molecule has 1 amide bonds. The minimum absolute atomic E-state index is 0.132. The summed E-state index contributed by atoms with van der Waals surface area (Å²) in [4.78, 5) is 24.9. The maximum Gasteiger partial charge on any atom is 0.229 e. The Morgan fingerprint density at radius 1 is 0.844 bits per heavy atom. The number of H-pyrrole nitrogens is 1. The number of benzene rings is 1. The Labute approximate surface area is 262 Å². The van der Waals surface area contributed by atoms with Crippen LogP contribution in [0.1, 0.15) is 19.8 Å². The number of carbonyl (C=O) groups excluding carboxylic acids is 1. The van der Waals surface area contributed by atoms with Crippen LogP contribution in [-0.2, 0) is 35.0 Å². The first-order valence-electron chi connectivity index (χ1n) is 15.3. The Kier molecular flexibility index (Phi) is 14.7. The first-order valence-corrected chi connectivity index (χ1v) is 15.3. The first-order chi connectivity index (χ1) is 22.2. The Morgan fingerprint density at radius 3 is 2.11 bits per heavy atom. The fraction of sp³-hybridized carbons (Fsp3) is 0.484. The highest BCUT2D eigenvalue weighted by atomic mass is 16.6. The molecule has 3 heterocycles. The minimum atomic E-state index is -0.132. The van der Waals surface area contributed by atoms with E-state index < -0.39 is 0 Å². The summed E-state index contributed by atoms with van der Waals surface area (Å²) < 4.78 is 28.9. The van der Waals surface area contributed by atoms with Gasteiger partial charge in [-0.1, -0.05) is 6.92 Å². The fourth-order valence-electron chi connectivity index (χ4n) is 4.27.